The average Bonchev–Trinajstić information content (AvgIpc) is 2.98. The molecule has 0 saturated carbocycles. The Labute approximate surface area is 142 Å². The molecule has 23 heavy (non-hydrogen) atoms. The maximum atomic E-state index is 11.8. The normalized spacial score (nSPS) is 10.7. The van der Waals surface area contributed by atoms with Crippen LogP contribution in [0.2, 0.25) is 4.47 Å². The molecule has 0 bridgehead atoms. The predicted molar refractivity (Wildman–Crippen MR) is 92.2 cm³/mol. The number of benzene rings is 1. The Bertz CT molecular complexity index is 850. The Balaban J connectivity index is 1.80. The van der Waals surface area contributed by atoms with Gasteiger partial charge in [0, 0.05) is 22.1 Å². The van der Waals surface area contributed by atoms with E-state index in [1.807, 2.05) is 24.3 Å². The number of thiazole rings is 1. The quantitative estimate of drug-likeness (QED) is 0.703. The van der Waals surface area contributed by atoms with Gasteiger partial charge < -0.3 is 10.1 Å². The molecule has 118 valence electrons. The van der Waals surface area contributed by atoms with Crippen LogP contribution in [-0.2, 0) is 11.3 Å². The van der Waals surface area contributed by atoms with Crippen molar-refractivity contribution in [2.24, 2.45) is 0 Å². The summed E-state index contributed by atoms with van der Waals surface area (Å²) in [5.41, 5.74) is 1.96. The van der Waals surface area contributed by atoms with E-state index in [0.29, 0.717) is 23.3 Å². The lowest BCUT2D eigenvalue weighted by Gasteiger charge is -2.07. The topological polar surface area (TPSA) is 64.1 Å². The summed E-state index contributed by atoms with van der Waals surface area (Å²) in [6, 6.07) is 9.37. The molecule has 2 aromatic heterocycles. The van der Waals surface area contributed by atoms with Gasteiger partial charge in [0.2, 0.25) is 0 Å². The van der Waals surface area contributed by atoms with Crippen LogP contribution in [0.1, 0.15) is 22.3 Å². The molecule has 0 atom stereocenters. The predicted octanol–water partition coefficient (Wildman–Crippen LogP) is 4.13. The van der Waals surface area contributed by atoms with Gasteiger partial charge in [0.1, 0.15) is 5.69 Å². The number of hydrogen-bond acceptors (Lipinski definition) is 6. The van der Waals surface area contributed by atoms with E-state index in [2.05, 4.69) is 15.3 Å². The van der Waals surface area contributed by atoms with Crippen molar-refractivity contribution < 1.29 is 9.53 Å². The van der Waals surface area contributed by atoms with Crippen molar-refractivity contribution in [2.45, 2.75) is 13.5 Å². The number of fused-ring (bicyclic) bond motifs is 1. The van der Waals surface area contributed by atoms with E-state index >= 15 is 0 Å². The van der Waals surface area contributed by atoms with Gasteiger partial charge in [-0.2, -0.15) is 0 Å². The first-order valence-electron chi connectivity index (χ1n) is 7.07. The number of carbonyl (C=O) groups excluding carboxylic acids is 1. The van der Waals surface area contributed by atoms with Crippen LogP contribution in [-0.4, -0.2) is 22.5 Å². The Morgan fingerprint density at radius 2 is 2.17 bits per heavy atom. The summed E-state index contributed by atoms with van der Waals surface area (Å²) < 4.78 is 5.51. The Morgan fingerprint density at radius 1 is 1.35 bits per heavy atom. The van der Waals surface area contributed by atoms with Gasteiger partial charge >= 0.3 is 5.97 Å². The van der Waals surface area contributed by atoms with Crippen molar-refractivity contribution in [2.75, 3.05) is 11.9 Å². The number of pyridine rings is 1. The molecule has 0 fully saturated rings. The number of aromatic nitrogens is 2. The summed E-state index contributed by atoms with van der Waals surface area (Å²) in [6.07, 6.45) is 1.75. The maximum Gasteiger partial charge on any atom is 0.356 e. The van der Waals surface area contributed by atoms with Crippen molar-refractivity contribution in [3.63, 3.8) is 0 Å². The highest BCUT2D eigenvalue weighted by atomic mass is 35.5. The van der Waals surface area contributed by atoms with E-state index in [1.165, 1.54) is 11.3 Å². The largest absolute Gasteiger partial charge is 0.461 e. The zero-order chi connectivity index (χ0) is 16.2. The number of ether oxygens (including phenoxy) is 1. The summed E-state index contributed by atoms with van der Waals surface area (Å²) in [5.74, 6) is -0.410. The van der Waals surface area contributed by atoms with E-state index in [1.54, 1.807) is 19.2 Å². The van der Waals surface area contributed by atoms with Crippen molar-refractivity contribution in [1.82, 2.24) is 9.97 Å². The van der Waals surface area contributed by atoms with Crippen LogP contribution in [0.3, 0.4) is 0 Å². The fourth-order valence-corrected chi connectivity index (χ4v) is 3.02. The molecule has 3 aromatic rings. The lowest BCUT2D eigenvalue weighted by molar-refractivity contribution is 0.0520. The number of carbonyl (C=O) groups is 1. The van der Waals surface area contributed by atoms with E-state index in [4.69, 9.17) is 16.3 Å². The van der Waals surface area contributed by atoms with Gasteiger partial charge in [-0.25, -0.2) is 14.8 Å². The third kappa shape index (κ3) is 3.78. The second-order valence-corrected chi connectivity index (χ2v) is 6.45. The summed E-state index contributed by atoms with van der Waals surface area (Å²) in [4.78, 5) is 21.2. The molecular formula is C16H14ClN3O2S. The SMILES string of the molecule is CCOC(=O)c1ccc2ccc(NCc3cnc(Cl)s3)cc2n1. The summed E-state index contributed by atoms with van der Waals surface area (Å²) in [7, 11) is 0. The third-order valence-corrected chi connectivity index (χ3v) is 4.28. The first-order valence-corrected chi connectivity index (χ1v) is 8.27. The zero-order valence-corrected chi connectivity index (χ0v) is 13.9. The van der Waals surface area contributed by atoms with Crippen LogP contribution in [0, 0.1) is 0 Å². The van der Waals surface area contributed by atoms with Gasteiger partial charge in [0.05, 0.1) is 18.7 Å². The highest BCUT2D eigenvalue weighted by molar-refractivity contribution is 7.15. The number of hydrogen-bond donors (Lipinski definition) is 1. The number of anilines is 1. The van der Waals surface area contributed by atoms with E-state index in [0.717, 1.165) is 21.5 Å². The molecular weight excluding hydrogens is 334 g/mol. The zero-order valence-electron chi connectivity index (χ0n) is 12.4. The van der Waals surface area contributed by atoms with Crippen LogP contribution in [0.25, 0.3) is 10.9 Å². The first kappa shape index (κ1) is 15.7. The average molecular weight is 348 g/mol. The van der Waals surface area contributed by atoms with Crippen molar-refractivity contribution in [3.8, 4) is 0 Å². The Morgan fingerprint density at radius 3 is 2.91 bits per heavy atom. The molecule has 3 rings (SSSR count). The second-order valence-electron chi connectivity index (χ2n) is 4.76. The molecule has 0 amide bonds. The number of nitrogens with zero attached hydrogens (tertiary/aromatic N) is 2. The summed E-state index contributed by atoms with van der Waals surface area (Å²) >= 11 is 7.26. The first-order chi connectivity index (χ1) is 11.2. The van der Waals surface area contributed by atoms with Gasteiger partial charge in [-0.05, 0) is 25.1 Å². The van der Waals surface area contributed by atoms with Gasteiger partial charge in [-0.3, -0.25) is 0 Å². The fraction of sp³-hybridized carbons (Fsp3) is 0.188. The Kier molecular flexibility index (Phi) is 4.73. The fourth-order valence-electron chi connectivity index (χ4n) is 2.10. The lowest BCUT2D eigenvalue weighted by atomic mass is 10.2. The molecule has 0 aliphatic carbocycles. The number of rotatable bonds is 5. The molecule has 0 spiro atoms. The van der Waals surface area contributed by atoms with Crippen LogP contribution in [0.15, 0.2) is 36.5 Å². The molecule has 0 unspecified atom stereocenters. The number of esters is 1. The van der Waals surface area contributed by atoms with Crippen LogP contribution >= 0.6 is 22.9 Å². The van der Waals surface area contributed by atoms with Gasteiger partial charge in [0.25, 0.3) is 0 Å². The van der Waals surface area contributed by atoms with E-state index in [-0.39, 0.29) is 0 Å². The summed E-state index contributed by atoms with van der Waals surface area (Å²) in [6.45, 7) is 2.73. The van der Waals surface area contributed by atoms with Gasteiger partial charge in [-0.15, -0.1) is 11.3 Å². The molecule has 1 N–H and O–H groups in total. The number of nitrogens with one attached hydrogen (secondary N) is 1. The minimum Gasteiger partial charge on any atom is -0.461 e. The van der Waals surface area contributed by atoms with E-state index in [9.17, 15) is 4.79 Å². The molecule has 0 aliphatic rings. The van der Waals surface area contributed by atoms with Crippen molar-refractivity contribution >= 4 is 45.5 Å². The van der Waals surface area contributed by atoms with Crippen LogP contribution < -0.4 is 5.32 Å². The van der Waals surface area contributed by atoms with E-state index < -0.39 is 5.97 Å². The van der Waals surface area contributed by atoms with Gasteiger partial charge in [0.15, 0.2) is 4.47 Å². The second kappa shape index (κ2) is 6.93. The highest BCUT2D eigenvalue weighted by Crippen LogP contribution is 2.21. The monoisotopic (exact) mass is 347 g/mol. The standard InChI is InChI=1S/C16H14ClN3O2S/c1-2-22-15(21)13-6-4-10-3-5-11(7-14(10)20-13)18-8-12-9-19-16(17)23-12/h3-7,9,18H,2,8H2,1H3. The number of halogens is 1. The molecule has 5 nitrogen and oxygen atoms in total. The van der Waals surface area contributed by atoms with Crippen molar-refractivity contribution in [3.05, 3.63) is 51.6 Å². The molecule has 2 heterocycles. The van der Waals surface area contributed by atoms with Crippen LogP contribution in [0.4, 0.5) is 5.69 Å². The van der Waals surface area contributed by atoms with Crippen LogP contribution in [0.5, 0.6) is 0 Å². The molecule has 0 saturated heterocycles. The maximum absolute atomic E-state index is 11.8. The Hall–Kier alpha value is -2.18. The summed E-state index contributed by atoms with van der Waals surface area (Å²) in [5, 5.41) is 4.26. The molecule has 0 aliphatic heterocycles. The smallest absolute Gasteiger partial charge is 0.356 e. The molecule has 0 radical (unpaired) electrons. The minimum atomic E-state index is -0.410. The molecule has 1 aromatic carbocycles. The van der Waals surface area contributed by atoms with Crippen molar-refractivity contribution in [1.29, 1.82) is 0 Å². The highest BCUT2D eigenvalue weighted by Gasteiger charge is 2.09. The third-order valence-electron chi connectivity index (χ3n) is 3.17. The lowest BCUT2D eigenvalue weighted by Crippen LogP contribution is -2.07. The minimum absolute atomic E-state index is 0.311. The van der Waals surface area contributed by atoms with Gasteiger partial charge in [-0.1, -0.05) is 23.7 Å². The molecule has 7 heteroatoms.